The first-order valence-corrected chi connectivity index (χ1v) is 7.74. The Labute approximate surface area is 144 Å². The molecule has 25 heavy (non-hydrogen) atoms. The molecule has 2 aromatic rings. The third-order valence-electron chi connectivity index (χ3n) is 3.39. The molecule has 0 bridgehead atoms. The lowest BCUT2D eigenvalue weighted by Gasteiger charge is -2.10. The molecule has 0 aliphatic rings. The molecule has 0 saturated carbocycles. The maximum absolute atomic E-state index is 12.1. The Kier molecular flexibility index (Phi) is 6.27. The number of carbonyl (C=O) groups excluding carboxylic acids is 1. The normalized spacial score (nSPS) is 11.0. The fourth-order valence-corrected chi connectivity index (χ4v) is 2.25. The Bertz CT molecular complexity index is 700. The van der Waals surface area contributed by atoms with E-state index in [4.69, 9.17) is 0 Å². The van der Waals surface area contributed by atoms with Gasteiger partial charge in [0.1, 0.15) is 5.75 Å². The second-order valence-electron chi connectivity index (χ2n) is 5.54. The lowest BCUT2D eigenvalue weighted by molar-refractivity contribution is -0.274. The molecule has 2 rings (SSSR count). The standard InChI is InChI=1S/C18H19F3N2O2/c1-13-3-2-4-15(11-13)12-23-17(24)22-10-9-14-5-7-16(8-6-14)25-18(19,20)21/h2-8,11H,9-10,12H2,1H3,(H2,22,23,24). The average Bonchev–Trinajstić information content (AvgIpc) is 2.53. The zero-order chi connectivity index (χ0) is 18.3. The number of halogens is 3. The zero-order valence-corrected chi connectivity index (χ0v) is 13.7. The van der Waals surface area contributed by atoms with Gasteiger partial charge in [-0.2, -0.15) is 0 Å². The molecule has 0 aliphatic carbocycles. The number of benzene rings is 2. The van der Waals surface area contributed by atoms with Crippen LogP contribution < -0.4 is 15.4 Å². The highest BCUT2D eigenvalue weighted by Gasteiger charge is 2.30. The summed E-state index contributed by atoms with van der Waals surface area (Å²) in [6.45, 7) is 2.78. The van der Waals surface area contributed by atoms with Crippen LogP contribution in [-0.4, -0.2) is 18.9 Å². The summed E-state index contributed by atoms with van der Waals surface area (Å²) in [5, 5.41) is 5.46. The van der Waals surface area contributed by atoms with Crippen molar-refractivity contribution < 1.29 is 22.7 Å². The van der Waals surface area contributed by atoms with Gasteiger partial charge in [-0.25, -0.2) is 4.79 Å². The van der Waals surface area contributed by atoms with Crippen LogP contribution in [0.4, 0.5) is 18.0 Å². The molecule has 4 nitrogen and oxygen atoms in total. The fourth-order valence-electron chi connectivity index (χ4n) is 2.25. The van der Waals surface area contributed by atoms with Crippen LogP contribution in [0.25, 0.3) is 0 Å². The molecule has 0 radical (unpaired) electrons. The van der Waals surface area contributed by atoms with Crippen LogP contribution in [-0.2, 0) is 13.0 Å². The average molecular weight is 352 g/mol. The SMILES string of the molecule is Cc1cccc(CNC(=O)NCCc2ccc(OC(F)(F)F)cc2)c1. The Morgan fingerprint density at radius 1 is 1.04 bits per heavy atom. The molecule has 0 aromatic heterocycles. The fraction of sp³-hybridized carbons (Fsp3) is 0.278. The van der Waals surface area contributed by atoms with Crippen molar-refractivity contribution in [2.45, 2.75) is 26.3 Å². The number of nitrogens with one attached hydrogen (secondary N) is 2. The van der Waals surface area contributed by atoms with E-state index >= 15 is 0 Å². The molecular formula is C18H19F3N2O2. The molecule has 0 aliphatic heterocycles. The number of amides is 2. The van der Waals surface area contributed by atoms with Crippen LogP contribution in [0.5, 0.6) is 5.75 Å². The lowest BCUT2D eigenvalue weighted by atomic mass is 10.1. The maximum atomic E-state index is 12.1. The van der Waals surface area contributed by atoms with Gasteiger partial charge in [0.25, 0.3) is 0 Å². The van der Waals surface area contributed by atoms with Crippen LogP contribution in [0.1, 0.15) is 16.7 Å². The lowest BCUT2D eigenvalue weighted by Crippen LogP contribution is -2.36. The largest absolute Gasteiger partial charge is 0.573 e. The second-order valence-corrected chi connectivity index (χ2v) is 5.54. The molecule has 2 amide bonds. The van der Waals surface area contributed by atoms with Crippen molar-refractivity contribution in [2.24, 2.45) is 0 Å². The van der Waals surface area contributed by atoms with Gasteiger partial charge in [-0.05, 0) is 36.6 Å². The first kappa shape index (κ1) is 18.6. The van der Waals surface area contributed by atoms with E-state index in [-0.39, 0.29) is 11.8 Å². The molecule has 0 fully saturated rings. The summed E-state index contributed by atoms with van der Waals surface area (Å²) in [5.74, 6) is -0.264. The summed E-state index contributed by atoms with van der Waals surface area (Å²) in [4.78, 5) is 11.7. The molecule has 0 spiro atoms. The molecule has 0 unspecified atom stereocenters. The summed E-state index contributed by atoms with van der Waals surface area (Å²) >= 11 is 0. The van der Waals surface area contributed by atoms with Gasteiger partial charge in [0.2, 0.25) is 0 Å². The minimum Gasteiger partial charge on any atom is -0.406 e. The summed E-state index contributed by atoms with van der Waals surface area (Å²) in [6, 6.07) is 13.1. The highest BCUT2D eigenvalue weighted by Crippen LogP contribution is 2.22. The van der Waals surface area contributed by atoms with E-state index in [0.717, 1.165) is 16.7 Å². The topological polar surface area (TPSA) is 50.4 Å². The van der Waals surface area contributed by atoms with E-state index in [1.807, 2.05) is 31.2 Å². The molecule has 7 heteroatoms. The van der Waals surface area contributed by atoms with Gasteiger partial charge in [0, 0.05) is 13.1 Å². The molecule has 0 saturated heterocycles. The molecule has 134 valence electrons. The van der Waals surface area contributed by atoms with Gasteiger partial charge in [-0.3, -0.25) is 0 Å². The van der Waals surface area contributed by atoms with Crippen molar-refractivity contribution in [3.05, 3.63) is 65.2 Å². The van der Waals surface area contributed by atoms with Crippen molar-refractivity contribution >= 4 is 6.03 Å². The first-order valence-electron chi connectivity index (χ1n) is 7.74. The van der Waals surface area contributed by atoms with Crippen molar-refractivity contribution in [2.75, 3.05) is 6.54 Å². The Hall–Kier alpha value is -2.70. The summed E-state index contributed by atoms with van der Waals surface area (Å²) in [6.07, 6.45) is -4.19. The quantitative estimate of drug-likeness (QED) is 0.827. The van der Waals surface area contributed by atoms with E-state index in [9.17, 15) is 18.0 Å². The van der Waals surface area contributed by atoms with Crippen molar-refractivity contribution in [1.82, 2.24) is 10.6 Å². The summed E-state index contributed by atoms with van der Waals surface area (Å²) in [7, 11) is 0. The van der Waals surface area contributed by atoms with Gasteiger partial charge in [-0.15, -0.1) is 13.2 Å². The number of urea groups is 1. The van der Waals surface area contributed by atoms with Crippen LogP contribution in [0.2, 0.25) is 0 Å². The van der Waals surface area contributed by atoms with Gasteiger partial charge in [0.05, 0.1) is 0 Å². The van der Waals surface area contributed by atoms with Crippen LogP contribution >= 0.6 is 0 Å². The molecular weight excluding hydrogens is 333 g/mol. The second kappa shape index (κ2) is 8.41. The minimum absolute atomic E-state index is 0.264. The Balaban J connectivity index is 1.70. The number of alkyl halides is 3. The van der Waals surface area contributed by atoms with Gasteiger partial charge in [0.15, 0.2) is 0 Å². The smallest absolute Gasteiger partial charge is 0.406 e. The summed E-state index contributed by atoms with van der Waals surface area (Å²) < 4.78 is 40.0. The third kappa shape index (κ3) is 7.15. The number of ether oxygens (including phenoxy) is 1. The van der Waals surface area contributed by atoms with Crippen molar-refractivity contribution in [3.8, 4) is 5.75 Å². The van der Waals surface area contributed by atoms with E-state index in [1.54, 1.807) is 0 Å². The number of aryl methyl sites for hydroxylation is 1. The van der Waals surface area contributed by atoms with E-state index in [0.29, 0.717) is 19.5 Å². The number of hydrogen-bond acceptors (Lipinski definition) is 2. The van der Waals surface area contributed by atoms with Gasteiger partial charge < -0.3 is 15.4 Å². The van der Waals surface area contributed by atoms with Crippen LogP contribution in [0, 0.1) is 6.92 Å². The van der Waals surface area contributed by atoms with E-state index in [1.165, 1.54) is 24.3 Å². The monoisotopic (exact) mass is 352 g/mol. The number of carbonyl (C=O) groups is 1. The maximum Gasteiger partial charge on any atom is 0.573 e. The highest BCUT2D eigenvalue weighted by molar-refractivity contribution is 5.73. The first-order chi connectivity index (χ1) is 11.8. The molecule has 2 aromatic carbocycles. The molecule has 0 heterocycles. The highest BCUT2D eigenvalue weighted by atomic mass is 19.4. The molecule has 2 N–H and O–H groups in total. The van der Waals surface area contributed by atoms with Crippen LogP contribution in [0.15, 0.2) is 48.5 Å². The number of rotatable bonds is 6. The zero-order valence-electron chi connectivity index (χ0n) is 13.7. The van der Waals surface area contributed by atoms with E-state index < -0.39 is 6.36 Å². The Morgan fingerprint density at radius 3 is 2.40 bits per heavy atom. The Morgan fingerprint density at radius 2 is 1.76 bits per heavy atom. The van der Waals surface area contributed by atoms with E-state index in [2.05, 4.69) is 15.4 Å². The van der Waals surface area contributed by atoms with Crippen LogP contribution in [0.3, 0.4) is 0 Å². The number of hydrogen-bond donors (Lipinski definition) is 2. The molecule has 0 atom stereocenters. The van der Waals surface area contributed by atoms with Crippen molar-refractivity contribution in [3.63, 3.8) is 0 Å². The van der Waals surface area contributed by atoms with Gasteiger partial charge in [-0.1, -0.05) is 42.0 Å². The predicted molar refractivity (Wildman–Crippen MR) is 88.2 cm³/mol. The summed E-state index contributed by atoms with van der Waals surface area (Å²) in [5.41, 5.74) is 2.93. The predicted octanol–water partition coefficient (Wildman–Crippen LogP) is 3.94. The third-order valence-corrected chi connectivity index (χ3v) is 3.39. The van der Waals surface area contributed by atoms with Gasteiger partial charge >= 0.3 is 12.4 Å². The van der Waals surface area contributed by atoms with Crippen molar-refractivity contribution in [1.29, 1.82) is 0 Å². The minimum atomic E-state index is -4.70.